The lowest BCUT2D eigenvalue weighted by atomic mass is 10.1. The average molecular weight is 287 g/mol. The van der Waals surface area contributed by atoms with Crippen LogP contribution in [-0.4, -0.2) is 6.54 Å². The second kappa shape index (κ2) is 6.87. The molecule has 0 aromatic heterocycles. The summed E-state index contributed by atoms with van der Waals surface area (Å²) < 4.78 is 32.3. The molecule has 0 heterocycles. The predicted molar refractivity (Wildman–Crippen MR) is 77.8 cm³/mol. The zero-order chi connectivity index (χ0) is 15.2. The monoisotopic (exact) mass is 287 g/mol. The van der Waals surface area contributed by atoms with Crippen molar-refractivity contribution in [3.63, 3.8) is 0 Å². The van der Waals surface area contributed by atoms with Crippen molar-refractivity contribution in [2.24, 2.45) is 5.73 Å². The van der Waals surface area contributed by atoms with E-state index in [9.17, 15) is 8.78 Å². The second-order valence-electron chi connectivity index (χ2n) is 4.53. The Balaban J connectivity index is 2.21. The van der Waals surface area contributed by atoms with Gasteiger partial charge in [0.1, 0.15) is 12.4 Å². The van der Waals surface area contributed by atoms with Crippen LogP contribution in [-0.2, 0) is 6.61 Å². The first-order chi connectivity index (χ1) is 10.1. The summed E-state index contributed by atoms with van der Waals surface area (Å²) in [6.45, 7) is 2.14. The molecule has 2 rings (SSSR count). The Kier molecular flexibility index (Phi) is 4.91. The van der Waals surface area contributed by atoms with Crippen molar-refractivity contribution in [1.29, 1.82) is 0 Å². The van der Waals surface area contributed by atoms with Crippen molar-refractivity contribution in [3.05, 3.63) is 64.7 Å². The van der Waals surface area contributed by atoms with E-state index in [0.717, 1.165) is 5.56 Å². The fourth-order valence-corrected chi connectivity index (χ4v) is 1.81. The maximum atomic E-state index is 13.6. The minimum absolute atomic E-state index is 0.106. The minimum Gasteiger partial charge on any atom is -0.486 e. The smallest absolute Gasteiger partial charge is 0.165 e. The van der Waals surface area contributed by atoms with Crippen LogP contribution in [0, 0.1) is 30.4 Å². The fourth-order valence-electron chi connectivity index (χ4n) is 1.81. The van der Waals surface area contributed by atoms with Gasteiger partial charge in [-0.25, -0.2) is 8.78 Å². The van der Waals surface area contributed by atoms with Crippen molar-refractivity contribution in [2.45, 2.75) is 13.5 Å². The summed E-state index contributed by atoms with van der Waals surface area (Å²) in [5.74, 6) is 4.80. The first kappa shape index (κ1) is 15.0. The van der Waals surface area contributed by atoms with Gasteiger partial charge in [0.15, 0.2) is 11.6 Å². The van der Waals surface area contributed by atoms with Gasteiger partial charge >= 0.3 is 0 Å². The van der Waals surface area contributed by atoms with Crippen LogP contribution in [0.2, 0.25) is 0 Å². The van der Waals surface area contributed by atoms with Crippen LogP contribution in [0.15, 0.2) is 36.4 Å². The van der Waals surface area contributed by atoms with Gasteiger partial charge in [-0.15, -0.1) is 0 Å². The van der Waals surface area contributed by atoms with E-state index in [0.29, 0.717) is 11.1 Å². The van der Waals surface area contributed by atoms with Gasteiger partial charge in [-0.3, -0.25) is 0 Å². The maximum absolute atomic E-state index is 13.6. The fraction of sp³-hybridized carbons (Fsp3) is 0.176. The second-order valence-corrected chi connectivity index (χ2v) is 4.53. The molecule has 0 aliphatic carbocycles. The van der Waals surface area contributed by atoms with Crippen molar-refractivity contribution < 1.29 is 13.5 Å². The number of ether oxygens (including phenoxy) is 1. The molecule has 0 unspecified atom stereocenters. The molecule has 2 aromatic carbocycles. The van der Waals surface area contributed by atoms with Crippen LogP contribution in [0.25, 0.3) is 0 Å². The molecular formula is C17H15F2NO. The highest BCUT2D eigenvalue weighted by Crippen LogP contribution is 2.20. The van der Waals surface area contributed by atoms with Gasteiger partial charge in [-0.05, 0) is 36.8 Å². The molecule has 0 saturated carbocycles. The van der Waals surface area contributed by atoms with Gasteiger partial charge in [0.05, 0.1) is 6.54 Å². The van der Waals surface area contributed by atoms with Gasteiger partial charge < -0.3 is 10.5 Å². The summed E-state index contributed by atoms with van der Waals surface area (Å²) >= 11 is 0. The van der Waals surface area contributed by atoms with Crippen LogP contribution >= 0.6 is 0 Å². The largest absolute Gasteiger partial charge is 0.486 e. The Morgan fingerprint density at radius 1 is 1.14 bits per heavy atom. The molecule has 2 N–H and O–H groups in total. The highest BCUT2D eigenvalue weighted by atomic mass is 19.1. The van der Waals surface area contributed by atoms with E-state index in [4.69, 9.17) is 10.5 Å². The minimum atomic E-state index is -0.433. The molecule has 2 aromatic rings. The molecule has 0 atom stereocenters. The zero-order valence-corrected chi connectivity index (χ0v) is 11.6. The Hall–Kier alpha value is -2.38. The molecule has 21 heavy (non-hydrogen) atoms. The van der Waals surface area contributed by atoms with Gasteiger partial charge in [0.2, 0.25) is 0 Å². The van der Waals surface area contributed by atoms with Crippen molar-refractivity contribution in [1.82, 2.24) is 0 Å². The third kappa shape index (κ3) is 4.04. The highest BCUT2D eigenvalue weighted by molar-refractivity contribution is 5.42. The Labute approximate surface area is 122 Å². The Bertz CT molecular complexity index is 702. The molecule has 0 aliphatic rings. The van der Waals surface area contributed by atoms with Gasteiger partial charge in [-0.2, -0.15) is 0 Å². The third-order valence-corrected chi connectivity index (χ3v) is 2.87. The van der Waals surface area contributed by atoms with Crippen LogP contribution in [0.3, 0.4) is 0 Å². The van der Waals surface area contributed by atoms with E-state index in [1.54, 1.807) is 18.2 Å². The van der Waals surface area contributed by atoms with Gasteiger partial charge in [0, 0.05) is 11.1 Å². The lowest BCUT2D eigenvalue weighted by Crippen LogP contribution is -2.01. The van der Waals surface area contributed by atoms with Crippen LogP contribution in [0.1, 0.15) is 16.7 Å². The van der Waals surface area contributed by atoms with Crippen LogP contribution in [0.5, 0.6) is 5.75 Å². The summed E-state index contributed by atoms with van der Waals surface area (Å²) in [6, 6.07) is 8.84. The summed E-state index contributed by atoms with van der Waals surface area (Å²) in [7, 11) is 0. The topological polar surface area (TPSA) is 35.2 Å². The number of aryl methyl sites for hydroxylation is 1. The van der Waals surface area contributed by atoms with E-state index in [1.807, 2.05) is 6.92 Å². The van der Waals surface area contributed by atoms with Crippen molar-refractivity contribution >= 4 is 0 Å². The van der Waals surface area contributed by atoms with E-state index < -0.39 is 5.82 Å². The van der Waals surface area contributed by atoms with Crippen molar-refractivity contribution in [3.8, 4) is 17.6 Å². The number of halogens is 2. The molecule has 2 nitrogen and oxygen atoms in total. The molecular weight excluding hydrogens is 272 g/mol. The lowest BCUT2D eigenvalue weighted by Gasteiger charge is -2.10. The Morgan fingerprint density at radius 2 is 1.95 bits per heavy atom. The van der Waals surface area contributed by atoms with E-state index in [1.165, 1.54) is 18.2 Å². The molecule has 4 heteroatoms. The van der Waals surface area contributed by atoms with Gasteiger partial charge in [-0.1, -0.05) is 24.0 Å². The Morgan fingerprint density at radius 3 is 2.71 bits per heavy atom. The van der Waals surface area contributed by atoms with E-state index in [-0.39, 0.29) is 24.7 Å². The summed E-state index contributed by atoms with van der Waals surface area (Å²) in [6.07, 6.45) is 0. The first-order valence-electron chi connectivity index (χ1n) is 6.46. The number of hydrogen-bond acceptors (Lipinski definition) is 2. The van der Waals surface area contributed by atoms with Crippen molar-refractivity contribution in [2.75, 3.05) is 6.54 Å². The molecule has 0 radical (unpaired) electrons. The predicted octanol–water partition coefficient (Wildman–Crippen LogP) is 3.16. The SMILES string of the molecule is Cc1ccc(F)c(OCc2ccc(F)cc2C#CCN)c1. The first-order valence-corrected chi connectivity index (χ1v) is 6.46. The van der Waals surface area contributed by atoms with Crippen LogP contribution in [0.4, 0.5) is 8.78 Å². The molecule has 0 bridgehead atoms. The maximum Gasteiger partial charge on any atom is 0.165 e. The number of rotatable bonds is 3. The third-order valence-electron chi connectivity index (χ3n) is 2.87. The summed E-state index contributed by atoms with van der Waals surface area (Å²) in [5.41, 5.74) is 7.39. The quantitative estimate of drug-likeness (QED) is 0.880. The molecule has 0 aliphatic heterocycles. The molecule has 108 valence electrons. The lowest BCUT2D eigenvalue weighted by molar-refractivity contribution is 0.289. The van der Waals surface area contributed by atoms with Gasteiger partial charge in [0.25, 0.3) is 0 Å². The highest BCUT2D eigenvalue weighted by Gasteiger charge is 2.07. The van der Waals surface area contributed by atoms with E-state index in [2.05, 4.69) is 11.8 Å². The normalized spacial score (nSPS) is 9.90. The molecule has 0 amide bonds. The molecule has 0 fully saturated rings. The van der Waals surface area contributed by atoms with Crippen LogP contribution < -0.4 is 10.5 Å². The zero-order valence-electron chi connectivity index (χ0n) is 11.6. The molecule has 0 spiro atoms. The molecule has 0 saturated heterocycles. The van der Waals surface area contributed by atoms with E-state index >= 15 is 0 Å². The number of benzene rings is 2. The average Bonchev–Trinajstić information content (AvgIpc) is 2.47. The summed E-state index contributed by atoms with van der Waals surface area (Å²) in [5, 5.41) is 0. The summed E-state index contributed by atoms with van der Waals surface area (Å²) in [4.78, 5) is 0. The number of nitrogens with two attached hydrogens (primary N) is 1. The standard InChI is InChI=1S/C17H15F2NO/c1-12-4-7-16(19)17(9-12)21-11-14-5-6-15(18)10-13(14)3-2-8-20/h4-7,9-10H,8,11,20H2,1H3. The number of hydrogen-bond donors (Lipinski definition) is 1.